The Morgan fingerprint density at radius 3 is 2.55 bits per heavy atom. The van der Waals surface area contributed by atoms with Crippen LogP contribution in [-0.2, 0) is 6.42 Å². The number of aromatic amines is 2. The number of nitrogens with zero attached hydrogens (tertiary/aromatic N) is 3. The van der Waals surface area contributed by atoms with Crippen molar-refractivity contribution < 1.29 is 4.52 Å². The van der Waals surface area contributed by atoms with Gasteiger partial charge in [-0.25, -0.2) is 9.78 Å². The van der Waals surface area contributed by atoms with Crippen molar-refractivity contribution in [3.8, 4) is 22.3 Å². The zero-order valence-electron chi connectivity index (χ0n) is 17.0. The molecule has 0 saturated heterocycles. The van der Waals surface area contributed by atoms with Crippen LogP contribution in [0.4, 0.5) is 0 Å². The standard InChI is InChI=1S/C22H23N5O2/c1-5-17-19(12(4)27-29-17)14-8-15(18-10(2)23-22(28)24-11(18)3)20-16(9-14)25-21(26-20)13-6-7-13/h8-9,13H,5-7H2,1-4H3,(H,25,26)(H,23,24,28). The average molecular weight is 389 g/mol. The van der Waals surface area contributed by atoms with E-state index in [1.165, 1.54) is 12.8 Å². The highest BCUT2D eigenvalue weighted by Crippen LogP contribution is 2.42. The lowest BCUT2D eigenvalue weighted by atomic mass is 9.94. The second-order valence-corrected chi connectivity index (χ2v) is 7.86. The van der Waals surface area contributed by atoms with Crippen molar-refractivity contribution in [2.24, 2.45) is 0 Å². The van der Waals surface area contributed by atoms with Crippen molar-refractivity contribution in [1.29, 1.82) is 0 Å². The number of hydrogen-bond donors (Lipinski definition) is 2. The molecule has 0 radical (unpaired) electrons. The van der Waals surface area contributed by atoms with Gasteiger partial charge in [-0.3, -0.25) is 0 Å². The number of hydrogen-bond acceptors (Lipinski definition) is 5. The lowest BCUT2D eigenvalue weighted by molar-refractivity contribution is 0.383. The van der Waals surface area contributed by atoms with Crippen LogP contribution in [0.15, 0.2) is 21.5 Å². The first-order valence-electron chi connectivity index (χ1n) is 10.0. The average Bonchev–Trinajstić information content (AvgIpc) is 3.32. The molecule has 4 aromatic rings. The number of benzene rings is 1. The monoisotopic (exact) mass is 389 g/mol. The van der Waals surface area contributed by atoms with Gasteiger partial charge in [0.2, 0.25) is 0 Å². The SMILES string of the molecule is CCc1onc(C)c1-c1cc(-c2c(C)nc(=O)[nH]c2C)c2nc(C3CC3)[nH]c2c1. The van der Waals surface area contributed by atoms with Gasteiger partial charge in [0.05, 0.1) is 22.4 Å². The molecule has 0 unspecified atom stereocenters. The minimum atomic E-state index is -0.333. The number of fused-ring (bicyclic) bond motifs is 1. The van der Waals surface area contributed by atoms with Gasteiger partial charge in [-0.1, -0.05) is 12.1 Å². The lowest BCUT2D eigenvalue weighted by Crippen LogP contribution is -2.14. The summed E-state index contributed by atoms with van der Waals surface area (Å²) in [7, 11) is 0. The number of aryl methyl sites for hydroxylation is 4. The Bertz CT molecular complexity index is 1280. The van der Waals surface area contributed by atoms with Crippen LogP contribution in [0.1, 0.15) is 54.3 Å². The van der Waals surface area contributed by atoms with Crippen LogP contribution in [0.2, 0.25) is 0 Å². The summed E-state index contributed by atoms with van der Waals surface area (Å²) >= 11 is 0. The van der Waals surface area contributed by atoms with Gasteiger partial charge in [0.15, 0.2) is 0 Å². The van der Waals surface area contributed by atoms with E-state index in [2.05, 4.69) is 39.2 Å². The minimum Gasteiger partial charge on any atom is -0.360 e. The Morgan fingerprint density at radius 1 is 1.07 bits per heavy atom. The molecule has 3 heterocycles. The first kappa shape index (κ1) is 17.8. The van der Waals surface area contributed by atoms with Crippen LogP contribution in [0.25, 0.3) is 33.3 Å². The molecule has 0 spiro atoms. The summed E-state index contributed by atoms with van der Waals surface area (Å²) in [5.74, 6) is 2.41. The third kappa shape index (κ3) is 2.88. The smallest absolute Gasteiger partial charge is 0.345 e. The number of imidazole rings is 1. The molecule has 29 heavy (non-hydrogen) atoms. The van der Waals surface area contributed by atoms with E-state index < -0.39 is 0 Å². The van der Waals surface area contributed by atoms with Crippen LogP contribution in [0.3, 0.4) is 0 Å². The summed E-state index contributed by atoms with van der Waals surface area (Å²) in [4.78, 5) is 27.3. The molecule has 1 saturated carbocycles. The Kier molecular flexibility index (Phi) is 3.94. The van der Waals surface area contributed by atoms with Gasteiger partial charge in [0.25, 0.3) is 0 Å². The van der Waals surface area contributed by atoms with E-state index in [1.54, 1.807) is 0 Å². The summed E-state index contributed by atoms with van der Waals surface area (Å²) in [6.45, 7) is 7.79. The molecule has 0 amide bonds. The van der Waals surface area contributed by atoms with Crippen LogP contribution in [0.5, 0.6) is 0 Å². The van der Waals surface area contributed by atoms with Gasteiger partial charge in [0.1, 0.15) is 11.6 Å². The Hall–Kier alpha value is -3.22. The van der Waals surface area contributed by atoms with E-state index in [-0.39, 0.29) is 5.69 Å². The van der Waals surface area contributed by atoms with E-state index in [1.807, 2.05) is 20.8 Å². The van der Waals surface area contributed by atoms with Crippen molar-refractivity contribution in [2.75, 3.05) is 0 Å². The van der Waals surface area contributed by atoms with Crippen molar-refractivity contribution >= 4 is 11.0 Å². The van der Waals surface area contributed by atoms with Crippen molar-refractivity contribution in [3.05, 3.63) is 51.3 Å². The van der Waals surface area contributed by atoms with Crippen LogP contribution in [-0.4, -0.2) is 25.1 Å². The Labute approximate surface area is 167 Å². The van der Waals surface area contributed by atoms with Crippen molar-refractivity contribution in [2.45, 2.75) is 52.9 Å². The predicted molar refractivity (Wildman–Crippen MR) is 111 cm³/mol. The third-order valence-corrected chi connectivity index (χ3v) is 5.68. The maximum absolute atomic E-state index is 11.8. The summed E-state index contributed by atoms with van der Waals surface area (Å²) in [6.07, 6.45) is 3.11. The lowest BCUT2D eigenvalue weighted by Gasteiger charge is -2.12. The van der Waals surface area contributed by atoms with E-state index in [9.17, 15) is 4.79 Å². The number of nitrogens with one attached hydrogen (secondary N) is 2. The predicted octanol–water partition coefficient (Wildman–Crippen LogP) is 4.33. The number of aromatic nitrogens is 5. The number of rotatable bonds is 4. The molecule has 1 aromatic carbocycles. The molecule has 0 atom stereocenters. The quantitative estimate of drug-likeness (QED) is 0.541. The van der Waals surface area contributed by atoms with E-state index in [0.29, 0.717) is 11.6 Å². The van der Waals surface area contributed by atoms with Gasteiger partial charge in [-0.2, -0.15) is 4.98 Å². The molecule has 7 heteroatoms. The molecular weight excluding hydrogens is 366 g/mol. The molecule has 0 aliphatic heterocycles. The maximum atomic E-state index is 11.8. The highest BCUT2D eigenvalue weighted by atomic mass is 16.5. The molecule has 5 rings (SSSR count). The van der Waals surface area contributed by atoms with Gasteiger partial charge in [0, 0.05) is 34.7 Å². The van der Waals surface area contributed by atoms with Crippen molar-refractivity contribution in [3.63, 3.8) is 0 Å². The molecule has 0 bridgehead atoms. The van der Waals surface area contributed by atoms with Gasteiger partial charge in [-0.05, 0) is 51.3 Å². The fraction of sp³-hybridized carbons (Fsp3) is 0.364. The first-order valence-corrected chi connectivity index (χ1v) is 10.0. The maximum Gasteiger partial charge on any atom is 0.345 e. The second kappa shape index (κ2) is 6.40. The molecule has 148 valence electrons. The zero-order valence-corrected chi connectivity index (χ0v) is 17.0. The summed E-state index contributed by atoms with van der Waals surface area (Å²) < 4.78 is 5.54. The summed E-state index contributed by atoms with van der Waals surface area (Å²) in [6, 6.07) is 4.24. The van der Waals surface area contributed by atoms with Crippen LogP contribution < -0.4 is 5.69 Å². The van der Waals surface area contributed by atoms with E-state index in [0.717, 1.165) is 62.7 Å². The summed E-state index contributed by atoms with van der Waals surface area (Å²) in [5.41, 5.74) is 7.81. The summed E-state index contributed by atoms with van der Waals surface area (Å²) in [5, 5.41) is 4.18. The Balaban J connectivity index is 1.84. The zero-order chi connectivity index (χ0) is 20.3. The largest absolute Gasteiger partial charge is 0.360 e. The topological polar surface area (TPSA) is 100 Å². The highest BCUT2D eigenvalue weighted by Gasteiger charge is 2.28. The highest BCUT2D eigenvalue weighted by molar-refractivity contribution is 5.97. The molecule has 3 aromatic heterocycles. The fourth-order valence-corrected chi connectivity index (χ4v) is 4.18. The number of H-pyrrole nitrogens is 2. The normalized spacial score (nSPS) is 14.1. The molecule has 1 aliphatic carbocycles. The Morgan fingerprint density at radius 2 is 1.86 bits per heavy atom. The first-order chi connectivity index (χ1) is 14.0. The van der Waals surface area contributed by atoms with Gasteiger partial charge in [-0.15, -0.1) is 0 Å². The van der Waals surface area contributed by atoms with Crippen molar-refractivity contribution in [1.82, 2.24) is 25.1 Å². The van der Waals surface area contributed by atoms with Gasteiger partial charge >= 0.3 is 5.69 Å². The van der Waals surface area contributed by atoms with E-state index >= 15 is 0 Å². The molecule has 1 fully saturated rings. The molecule has 1 aliphatic rings. The molecular formula is C22H23N5O2. The molecule has 2 N–H and O–H groups in total. The van der Waals surface area contributed by atoms with Crippen LogP contribution in [0, 0.1) is 20.8 Å². The minimum absolute atomic E-state index is 0.333. The van der Waals surface area contributed by atoms with Crippen LogP contribution >= 0.6 is 0 Å². The fourth-order valence-electron chi connectivity index (χ4n) is 4.18. The van der Waals surface area contributed by atoms with E-state index in [4.69, 9.17) is 9.51 Å². The second-order valence-electron chi connectivity index (χ2n) is 7.86. The third-order valence-electron chi connectivity index (χ3n) is 5.68. The van der Waals surface area contributed by atoms with Gasteiger partial charge < -0.3 is 14.5 Å². The molecule has 7 nitrogen and oxygen atoms in total.